The van der Waals surface area contributed by atoms with Gasteiger partial charge in [0.25, 0.3) is 0 Å². The molecule has 1 aromatic heterocycles. The molecule has 0 spiro atoms. The maximum atomic E-state index is 15.4. The van der Waals surface area contributed by atoms with Gasteiger partial charge in [-0.05, 0) is 43.6 Å². The third kappa shape index (κ3) is 2.98. The third-order valence-electron chi connectivity index (χ3n) is 6.86. The second-order valence-electron chi connectivity index (χ2n) is 8.64. The molecule has 2 aliphatic carbocycles. The number of halogens is 1. The molecule has 1 aliphatic heterocycles. The van der Waals surface area contributed by atoms with E-state index in [1.165, 1.54) is 31.7 Å². The molecule has 7 heteroatoms. The van der Waals surface area contributed by atoms with E-state index in [9.17, 15) is 4.79 Å². The highest BCUT2D eigenvalue weighted by atomic mass is 19.1. The number of methoxy groups -OCH3 is 1. The zero-order valence-corrected chi connectivity index (χ0v) is 16.6. The van der Waals surface area contributed by atoms with Gasteiger partial charge in [0.2, 0.25) is 0 Å². The minimum atomic E-state index is -0.425. The Morgan fingerprint density at radius 2 is 1.90 bits per heavy atom. The minimum absolute atomic E-state index is 0.244. The summed E-state index contributed by atoms with van der Waals surface area (Å²) in [6, 6.07) is 1.59. The Labute approximate surface area is 168 Å². The normalized spacial score (nSPS) is 24.4. The van der Waals surface area contributed by atoms with Crippen LogP contribution < -0.4 is 15.1 Å². The van der Waals surface area contributed by atoms with Gasteiger partial charge in [-0.25, -0.2) is 4.39 Å². The van der Waals surface area contributed by atoms with Crippen molar-refractivity contribution in [1.82, 2.24) is 4.57 Å². The first-order valence-electron chi connectivity index (χ1n) is 10.5. The van der Waals surface area contributed by atoms with Crippen LogP contribution in [0.25, 0.3) is 10.9 Å². The second-order valence-corrected chi connectivity index (χ2v) is 8.64. The fourth-order valence-corrected chi connectivity index (χ4v) is 5.34. The average Bonchev–Trinajstić information content (AvgIpc) is 3.47. The van der Waals surface area contributed by atoms with Crippen LogP contribution in [0.4, 0.5) is 10.1 Å². The summed E-state index contributed by atoms with van der Waals surface area (Å²) in [5.41, 5.74) is 1.01. The van der Waals surface area contributed by atoms with Crippen LogP contribution in [0.1, 0.15) is 50.1 Å². The van der Waals surface area contributed by atoms with Crippen molar-refractivity contribution < 1.29 is 14.3 Å². The Kier molecular flexibility index (Phi) is 4.48. The number of hydrogen-bond donors (Lipinski definition) is 1. The largest absolute Gasteiger partial charge is 0.492 e. The molecule has 3 fully saturated rings. The molecule has 6 nitrogen and oxygen atoms in total. The lowest BCUT2D eigenvalue weighted by molar-refractivity contribution is 0.299. The first-order valence-corrected chi connectivity index (χ1v) is 10.5. The molecular formula is C22H26FN3O3. The van der Waals surface area contributed by atoms with Crippen LogP contribution in [-0.4, -0.2) is 36.2 Å². The SMILES string of the molecule is COc1c(N2C[C@H]3CCCC[C@H]3C2)c(F)cc2c(=O)c(/C=N/O)cn(C3CC3)c12. The van der Waals surface area contributed by atoms with Gasteiger partial charge < -0.3 is 19.4 Å². The van der Waals surface area contributed by atoms with Crippen LogP contribution in [0.15, 0.2) is 22.2 Å². The molecule has 3 aliphatic rings. The van der Waals surface area contributed by atoms with Gasteiger partial charge in [-0.2, -0.15) is 0 Å². The molecule has 2 heterocycles. The van der Waals surface area contributed by atoms with E-state index in [1.807, 2.05) is 4.57 Å². The van der Waals surface area contributed by atoms with E-state index in [4.69, 9.17) is 9.94 Å². The summed E-state index contributed by atoms with van der Waals surface area (Å²) in [6.07, 6.45) is 9.73. The number of anilines is 1. The first-order chi connectivity index (χ1) is 14.1. The molecule has 1 N–H and O–H groups in total. The summed E-state index contributed by atoms with van der Waals surface area (Å²) in [5.74, 6) is 1.23. The van der Waals surface area contributed by atoms with E-state index in [1.54, 1.807) is 13.3 Å². The average molecular weight is 399 g/mol. The zero-order valence-electron chi connectivity index (χ0n) is 16.6. The predicted molar refractivity (Wildman–Crippen MR) is 110 cm³/mol. The van der Waals surface area contributed by atoms with Crippen LogP contribution in [0.3, 0.4) is 0 Å². The summed E-state index contributed by atoms with van der Waals surface area (Å²) in [6.45, 7) is 1.68. The fraction of sp³-hybridized carbons (Fsp3) is 0.545. The number of aromatic nitrogens is 1. The van der Waals surface area contributed by atoms with Gasteiger partial charge in [-0.3, -0.25) is 4.79 Å². The van der Waals surface area contributed by atoms with Crippen molar-refractivity contribution in [3.63, 3.8) is 0 Å². The molecule has 0 amide bonds. The Bertz CT molecular complexity index is 1030. The highest BCUT2D eigenvalue weighted by Crippen LogP contribution is 2.46. The van der Waals surface area contributed by atoms with E-state index in [0.29, 0.717) is 28.8 Å². The molecule has 154 valence electrons. The monoisotopic (exact) mass is 399 g/mol. The van der Waals surface area contributed by atoms with Crippen molar-refractivity contribution in [2.75, 3.05) is 25.1 Å². The van der Waals surface area contributed by atoms with Crippen molar-refractivity contribution >= 4 is 22.8 Å². The molecule has 0 unspecified atom stereocenters. The Hall–Kier alpha value is -2.57. The maximum Gasteiger partial charge on any atom is 0.198 e. The number of fused-ring (bicyclic) bond motifs is 2. The molecule has 2 saturated carbocycles. The lowest BCUT2D eigenvalue weighted by Gasteiger charge is -2.25. The number of hydrogen-bond acceptors (Lipinski definition) is 5. The number of nitrogens with zero attached hydrogens (tertiary/aromatic N) is 3. The topological polar surface area (TPSA) is 67.1 Å². The Morgan fingerprint density at radius 3 is 2.48 bits per heavy atom. The van der Waals surface area contributed by atoms with Crippen LogP contribution in [0.5, 0.6) is 5.75 Å². The highest BCUT2D eigenvalue weighted by molar-refractivity contribution is 5.95. The molecule has 2 atom stereocenters. The second kappa shape index (κ2) is 7.04. The minimum Gasteiger partial charge on any atom is -0.492 e. The zero-order chi connectivity index (χ0) is 20.1. The molecule has 0 radical (unpaired) electrons. The molecule has 0 bridgehead atoms. The standard InChI is InChI=1S/C22H26FN3O3/c1-29-22-19-17(21(27)15(9-24-28)12-26(19)16-6-7-16)8-18(23)20(22)25-10-13-4-2-3-5-14(13)11-25/h8-9,12-14,16,28H,2-7,10-11H2,1H3/b24-9+/t13-,14+. The van der Waals surface area contributed by atoms with Gasteiger partial charge in [0.15, 0.2) is 17.0 Å². The molecule has 2 aromatic rings. The predicted octanol–water partition coefficient (Wildman–Crippen LogP) is 3.92. The molecule has 1 saturated heterocycles. The van der Waals surface area contributed by atoms with Crippen molar-refractivity contribution in [3.05, 3.63) is 33.9 Å². The van der Waals surface area contributed by atoms with Gasteiger partial charge in [0.05, 0.1) is 29.8 Å². The first kappa shape index (κ1) is 18.5. The van der Waals surface area contributed by atoms with Crippen molar-refractivity contribution in [2.45, 2.75) is 44.6 Å². The Balaban J connectivity index is 1.72. The maximum absolute atomic E-state index is 15.4. The quantitative estimate of drug-likeness (QED) is 0.481. The van der Waals surface area contributed by atoms with Crippen molar-refractivity contribution in [2.24, 2.45) is 17.0 Å². The molecule has 5 rings (SSSR count). The van der Waals surface area contributed by atoms with Gasteiger partial charge in [-0.1, -0.05) is 18.0 Å². The van der Waals surface area contributed by atoms with Gasteiger partial charge >= 0.3 is 0 Å². The van der Waals surface area contributed by atoms with E-state index < -0.39 is 5.82 Å². The summed E-state index contributed by atoms with van der Waals surface area (Å²) >= 11 is 0. The van der Waals surface area contributed by atoms with Crippen molar-refractivity contribution in [3.8, 4) is 5.75 Å². The van der Waals surface area contributed by atoms with Crippen LogP contribution in [0, 0.1) is 17.7 Å². The Morgan fingerprint density at radius 1 is 1.21 bits per heavy atom. The lowest BCUT2D eigenvalue weighted by Crippen LogP contribution is -2.23. The van der Waals surface area contributed by atoms with Crippen LogP contribution in [0.2, 0.25) is 0 Å². The van der Waals surface area contributed by atoms with Gasteiger partial charge in [0.1, 0.15) is 5.69 Å². The highest BCUT2D eigenvalue weighted by Gasteiger charge is 2.37. The van der Waals surface area contributed by atoms with E-state index in [-0.39, 0.29) is 22.4 Å². The van der Waals surface area contributed by atoms with E-state index in [2.05, 4.69) is 10.1 Å². The summed E-state index contributed by atoms with van der Waals surface area (Å²) in [4.78, 5) is 15.0. The van der Waals surface area contributed by atoms with E-state index >= 15 is 4.39 Å². The van der Waals surface area contributed by atoms with Gasteiger partial charge in [-0.15, -0.1) is 0 Å². The third-order valence-corrected chi connectivity index (χ3v) is 6.86. The number of rotatable bonds is 4. The smallest absolute Gasteiger partial charge is 0.198 e. The summed E-state index contributed by atoms with van der Waals surface area (Å²) in [7, 11) is 1.55. The molecular weight excluding hydrogens is 373 g/mol. The van der Waals surface area contributed by atoms with Crippen molar-refractivity contribution in [1.29, 1.82) is 0 Å². The molecule has 29 heavy (non-hydrogen) atoms. The molecule has 1 aromatic carbocycles. The number of oxime groups is 1. The van der Waals surface area contributed by atoms with Crippen LogP contribution in [-0.2, 0) is 0 Å². The van der Waals surface area contributed by atoms with Crippen LogP contribution >= 0.6 is 0 Å². The number of ether oxygens (including phenoxy) is 1. The number of benzene rings is 1. The van der Waals surface area contributed by atoms with E-state index in [0.717, 1.165) is 32.1 Å². The number of pyridine rings is 1. The fourth-order valence-electron chi connectivity index (χ4n) is 5.34. The lowest BCUT2D eigenvalue weighted by atomic mass is 9.82. The van der Waals surface area contributed by atoms with Gasteiger partial charge in [0, 0.05) is 25.3 Å². The summed E-state index contributed by atoms with van der Waals surface area (Å²) < 4.78 is 23.1. The summed E-state index contributed by atoms with van der Waals surface area (Å²) in [5, 5.41) is 12.2.